The highest BCUT2D eigenvalue weighted by Crippen LogP contribution is 2.14. The maximum atomic E-state index is 5.67. The highest BCUT2D eigenvalue weighted by atomic mass is 16.5. The molecule has 1 aromatic rings. The van der Waals surface area contributed by atoms with Crippen molar-refractivity contribution >= 4 is 0 Å². The first-order chi connectivity index (χ1) is 9.24. The Morgan fingerprint density at radius 1 is 1.26 bits per heavy atom. The van der Waals surface area contributed by atoms with E-state index in [0.29, 0.717) is 25.1 Å². The number of rotatable bonds is 10. The molecular weight excluding hydrogens is 240 g/mol. The molecule has 0 radical (unpaired) electrons. The molecule has 0 amide bonds. The smallest absolute Gasteiger partial charge is 0.217 e. The summed E-state index contributed by atoms with van der Waals surface area (Å²) in [5, 5.41) is 3.37. The summed E-state index contributed by atoms with van der Waals surface area (Å²) in [4.78, 5) is 4.27. The highest BCUT2D eigenvalue weighted by molar-refractivity contribution is 5.25. The van der Waals surface area contributed by atoms with Gasteiger partial charge in [0, 0.05) is 31.0 Å². The number of nitrogens with zero attached hydrogens (tertiary/aromatic N) is 1. The van der Waals surface area contributed by atoms with Crippen LogP contribution in [0.1, 0.15) is 39.2 Å². The van der Waals surface area contributed by atoms with E-state index in [9.17, 15) is 0 Å². The zero-order valence-corrected chi connectivity index (χ0v) is 12.3. The van der Waals surface area contributed by atoms with Gasteiger partial charge >= 0.3 is 0 Å². The minimum atomic E-state index is 0.449. The van der Waals surface area contributed by atoms with E-state index in [0.717, 1.165) is 31.6 Å². The molecule has 0 fully saturated rings. The lowest BCUT2D eigenvalue weighted by Gasteiger charge is -2.12. The topological polar surface area (TPSA) is 43.4 Å². The molecule has 1 heterocycles. The molecule has 0 saturated carbocycles. The van der Waals surface area contributed by atoms with E-state index in [1.165, 1.54) is 0 Å². The minimum Gasteiger partial charge on any atom is -0.475 e. The van der Waals surface area contributed by atoms with Gasteiger partial charge in [0.25, 0.3) is 0 Å². The predicted octanol–water partition coefficient (Wildman–Crippen LogP) is 2.78. The van der Waals surface area contributed by atoms with Crippen molar-refractivity contribution in [2.45, 2.75) is 46.2 Å². The van der Waals surface area contributed by atoms with E-state index in [1.807, 2.05) is 12.1 Å². The Kier molecular flexibility index (Phi) is 8.18. The van der Waals surface area contributed by atoms with Crippen molar-refractivity contribution in [1.82, 2.24) is 10.3 Å². The van der Waals surface area contributed by atoms with Crippen LogP contribution < -0.4 is 10.1 Å². The van der Waals surface area contributed by atoms with E-state index < -0.39 is 0 Å². The van der Waals surface area contributed by atoms with E-state index in [-0.39, 0.29) is 0 Å². The Morgan fingerprint density at radius 2 is 2.11 bits per heavy atom. The number of pyridine rings is 1. The Bertz CT molecular complexity index is 343. The van der Waals surface area contributed by atoms with Crippen LogP contribution in [-0.2, 0) is 11.3 Å². The van der Waals surface area contributed by atoms with Gasteiger partial charge in [0.05, 0.1) is 6.61 Å². The van der Waals surface area contributed by atoms with Gasteiger partial charge in [-0.2, -0.15) is 0 Å². The standard InChI is InChI=1S/C15H26N2O2/c1-4-5-9-18-10-11-19-15-14(7-6-8-16-15)12-17-13(2)3/h6-8,13,17H,4-5,9-12H2,1-3H3. The van der Waals surface area contributed by atoms with Gasteiger partial charge in [-0.3, -0.25) is 0 Å². The van der Waals surface area contributed by atoms with Crippen LogP contribution in [0, 0.1) is 0 Å². The van der Waals surface area contributed by atoms with Gasteiger partial charge in [-0.1, -0.05) is 33.3 Å². The zero-order chi connectivity index (χ0) is 13.9. The molecule has 0 aliphatic rings. The van der Waals surface area contributed by atoms with Crippen molar-refractivity contribution in [2.75, 3.05) is 19.8 Å². The fourth-order valence-corrected chi connectivity index (χ4v) is 1.55. The third kappa shape index (κ3) is 7.13. The average Bonchev–Trinajstić information content (AvgIpc) is 2.41. The number of unbranched alkanes of at least 4 members (excludes halogenated alkanes) is 1. The normalized spacial score (nSPS) is 10.9. The summed E-state index contributed by atoms with van der Waals surface area (Å²) in [6, 6.07) is 4.42. The van der Waals surface area contributed by atoms with Crippen molar-refractivity contribution < 1.29 is 9.47 Å². The number of hydrogen-bond donors (Lipinski definition) is 1. The van der Waals surface area contributed by atoms with Gasteiger partial charge in [-0.05, 0) is 12.5 Å². The van der Waals surface area contributed by atoms with Gasteiger partial charge in [-0.25, -0.2) is 4.98 Å². The van der Waals surface area contributed by atoms with Crippen LogP contribution in [0.4, 0.5) is 0 Å². The Balaban J connectivity index is 2.31. The molecule has 0 bridgehead atoms. The van der Waals surface area contributed by atoms with Gasteiger partial charge < -0.3 is 14.8 Å². The van der Waals surface area contributed by atoms with Crippen molar-refractivity contribution in [3.8, 4) is 5.88 Å². The molecule has 1 N–H and O–H groups in total. The van der Waals surface area contributed by atoms with E-state index >= 15 is 0 Å². The van der Waals surface area contributed by atoms with E-state index in [2.05, 4.69) is 31.1 Å². The molecule has 1 aromatic heterocycles. The quantitative estimate of drug-likeness (QED) is 0.661. The van der Waals surface area contributed by atoms with Crippen LogP contribution in [-0.4, -0.2) is 30.8 Å². The van der Waals surface area contributed by atoms with Crippen LogP contribution in [0.3, 0.4) is 0 Å². The Hall–Kier alpha value is -1.13. The lowest BCUT2D eigenvalue weighted by Crippen LogP contribution is -2.22. The third-order valence-electron chi connectivity index (χ3n) is 2.66. The van der Waals surface area contributed by atoms with Gasteiger partial charge in [0.1, 0.15) is 6.61 Å². The van der Waals surface area contributed by atoms with Crippen molar-refractivity contribution in [2.24, 2.45) is 0 Å². The number of hydrogen-bond acceptors (Lipinski definition) is 4. The fourth-order valence-electron chi connectivity index (χ4n) is 1.55. The first kappa shape index (κ1) is 15.9. The first-order valence-corrected chi connectivity index (χ1v) is 7.11. The summed E-state index contributed by atoms with van der Waals surface area (Å²) in [6.45, 7) is 9.16. The minimum absolute atomic E-state index is 0.449. The number of ether oxygens (including phenoxy) is 2. The number of nitrogens with one attached hydrogen (secondary N) is 1. The molecule has 0 atom stereocenters. The summed E-state index contributed by atoms with van der Waals surface area (Å²) in [5.74, 6) is 0.703. The second-order valence-corrected chi connectivity index (χ2v) is 4.82. The molecular formula is C15H26N2O2. The second-order valence-electron chi connectivity index (χ2n) is 4.82. The van der Waals surface area contributed by atoms with Crippen LogP contribution in [0.2, 0.25) is 0 Å². The molecule has 0 aliphatic carbocycles. The van der Waals surface area contributed by atoms with Gasteiger partial charge in [0.15, 0.2) is 0 Å². The van der Waals surface area contributed by atoms with Gasteiger partial charge in [0.2, 0.25) is 5.88 Å². The molecule has 0 spiro atoms. The first-order valence-electron chi connectivity index (χ1n) is 7.11. The SMILES string of the molecule is CCCCOCCOc1ncccc1CNC(C)C. The molecule has 0 unspecified atom stereocenters. The maximum Gasteiger partial charge on any atom is 0.217 e. The van der Waals surface area contributed by atoms with Crippen LogP contribution in [0.5, 0.6) is 5.88 Å². The summed E-state index contributed by atoms with van der Waals surface area (Å²) >= 11 is 0. The monoisotopic (exact) mass is 266 g/mol. The van der Waals surface area contributed by atoms with Crippen LogP contribution in [0.25, 0.3) is 0 Å². The summed E-state index contributed by atoms with van der Waals surface area (Å²) in [7, 11) is 0. The summed E-state index contributed by atoms with van der Waals surface area (Å²) < 4.78 is 11.1. The molecule has 1 rings (SSSR count). The zero-order valence-electron chi connectivity index (χ0n) is 12.3. The Labute approximate surface area is 116 Å². The lowest BCUT2D eigenvalue weighted by molar-refractivity contribution is 0.0961. The molecule has 108 valence electrons. The Morgan fingerprint density at radius 3 is 2.84 bits per heavy atom. The molecule has 19 heavy (non-hydrogen) atoms. The fraction of sp³-hybridized carbons (Fsp3) is 0.667. The summed E-state index contributed by atoms with van der Waals surface area (Å²) in [6.07, 6.45) is 4.02. The van der Waals surface area contributed by atoms with Crippen molar-refractivity contribution in [1.29, 1.82) is 0 Å². The van der Waals surface area contributed by atoms with Crippen LogP contribution >= 0.6 is 0 Å². The van der Waals surface area contributed by atoms with E-state index in [4.69, 9.17) is 9.47 Å². The molecule has 0 aliphatic heterocycles. The maximum absolute atomic E-state index is 5.67. The average molecular weight is 266 g/mol. The molecule has 0 saturated heterocycles. The van der Waals surface area contributed by atoms with Crippen molar-refractivity contribution in [3.05, 3.63) is 23.9 Å². The highest BCUT2D eigenvalue weighted by Gasteiger charge is 2.05. The third-order valence-corrected chi connectivity index (χ3v) is 2.66. The largest absolute Gasteiger partial charge is 0.475 e. The summed E-state index contributed by atoms with van der Waals surface area (Å²) in [5.41, 5.74) is 1.09. The molecule has 0 aromatic carbocycles. The molecule has 4 nitrogen and oxygen atoms in total. The van der Waals surface area contributed by atoms with E-state index in [1.54, 1.807) is 6.20 Å². The molecule has 4 heteroatoms. The predicted molar refractivity (Wildman–Crippen MR) is 77.4 cm³/mol. The van der Waals surface area contributed by atoms with Crippen molar-refractivity contribution in [3.63, 3.8) is 0 Å². The second kappa shape index (κ2) is 9.75. The van der Waals surface area contributed by atoms with Gasteiger partial charge in [-0.15, -0.1) is 0 Å². The lowest BCUT2D eigenvalue weighted by atomic mass is 10.2. The van der Waals surface area contributed by atoms with Crippen LogP contribution in [0.15, 0.2) is 18.3 Å². The number of aromatic nitrogens is 1.